The lowest BCUT2D eigenvalue weighted by atomic mass is 10.1. The zero-order valence-corrected chi connectivity index (χ0v) is 13.2. The molecule has 7 heteroatoms. The highest BCUT2D eigenvalue weighted by Gasteiger charge is 2.17. The second kappa shape index (κ2) is 6.31. The molecule has 2 heterocycles. The molecular formula is C15H18FN5S. The molecule has 0 amide bonds. The quantitative estimate of drug-likeness (QED) is 0.671. The van der Waals surface area contributed by atoms with Crippen molar-refractivity contribution in [2.75, 3.05) is 29.1 Å². The highest BCUT2D eigenvalue weighted by atomic mass is 32.1. The average molecular weight is 319 g/mol. The predicted molar refractivity (Wildman–Crippen MR) is 90.3 cm³/mol. The molecular weight excluding hydrogens is 301 g/mol. The van der Waals surface area contributed by atoms with Crippen LogP contribution in [0.1, 0.15) is 24.0 Å². The van der Waals surface area contributed by atoms with Crippen molar-refractivity contribution in [1.82, 2.24) is 4.98 Å². The Bertz CT molecular complexity index is 691. The summed E-state index contributed by atoms with van der Waals surface area (Å²) < 4.78 is 14.3. The Morgan fingerprint density at radius 2 is 2.18 bits per heavy atom. The number of nitrogens with one attached hydrogen (secondary N) is 1. The van der Waals surface area contributed by atoms with Gasteiger partial charge in [0.15, 0.2) is 0 Å². The summed E-state index contributed by atoms with van der Waals surface area (Å²) in [5, 5.41) is 6.43. The fraction of sp³-hybridized carbons (Fsp3) is 0.333. The summed E-state index contributed by atoms with van der Waals surface area (Å²) in [6, 6.07) is 3.42. The second-order valence-corrected chi connectivity index (χ2v) is 6.16. The van der Waals surface area contributed by atoms with Crippen LogP contribution < -0.4 is 16.1 Å². The number of nitrogens with two attached hydrogens (primary N) is 1. The van der Waals surface area contributed by atoms with Crippen molar-refractivity contribution in [2.45, 2.75) is 19.8 Å². The monoisotopic (exact) mass is 319 g/mol. The van der Waals surface area contributed by atoms with Crippen molar-refractivity contribution in [3.8, 4) is 0 Å². The Hall–Kier alpha value is -2.15. The van der Waals surface area contributed by atoms with Crippen molar-refractivity contribution in [3.63, 3.8) is 0 Å². The molecule has 1 aliphatic heterocycles. The third-order valence-corrected chi connectivity index (χ3v) is 4.43. The minimum Gasteiger partial charge on any atom is -0.383 e. The molecule has 1 aliphatic rings. The maximum Gasteiger partial charge on any atom is 0.205 e. The molecule has 0 spiro atoms. The van der Waals surface area contributed by atoms with Crippen LogP contribution in [0.4, 0.5) is 21.0 Å². The first-order chi connectivity index (χ1) is 10.6. The maximum absolute atomic E-state index is 14.3. The summed E-state index contributed by atoms with van der Waals surface area (Å²) in [5.41, 5.74) is 10.8. The van der Waals surface area contributed by atoms with Gasteiger partial charge in [0.25, 0.3) is 0 Å². The van der Waals surface area contributed by atoms with Gasteiger partial charge < -0.3 is 10.6 Å². The van der Waals surface area contributed by atoms with Crippen molar-refractivity contribution in [1.29, 1.82) is 0 Å². The van der Waals surface area contributed by atoms with Crippen LogP contribution in [-0.2, 0) is 0 Å². The van der Waals surface area contributed by atoms with E-state index in [2.05, 4.69) is 20.4 Å². The van der Waals surface area contributed by atoms with Crippen molar-refractivity contribution < 1.29 is 4.39 Å². The fourth-order valence-corrected chi connectivity index (χ4v) is 3.06. The Morgan fingerprint density at radius 1 is 1.41 bits per heavy atom. The van der Waals surface area contributed by atoms with Crippen LogP contribution in [0.5, 0.6) is 0 Å². The molecule has 1 aromatic carbocycles. The van der Waals surface area contributed by atoms with Gasteiger partial charge in [-0.05, 0) is 37.5 Å². The van der Waals surface area contributed by atoms with E-state index in [9.17, 15) is 4.39 Å². The fourth-order valence-electron chi connectivity index (χ4n) is 2.52. The highest BCUT2D eigenvalue weighted by Crippen LogP contribution is 2.26. The van der Waals surface area contributed by atoms with E-state index in [0.29, 0.717) is 16.6 Å². The number of halogens is 1. The van der Waals surface area contributed by atoms with Crippen molar-refractivity contribution in [3.05, 3.63) is 34.5 Å². The maximum atomic E-state index is 14.3. The molecule has 3 rings (SSSR count). The van der Waals surface area contributed by atoms with Crippen molar-refractivity contribution >= 4 is 34.2 Å². The van der Waals surface area contributed by atoms with E-state index in [1.54, 1.807) is 11.6 Å². The second-order valence-electron chi connectivity index (χ2n) is 5.30. The lowest BCUT2D eigenvalue weighted by Gasteiger charge is -2.19. The van der Waals surface area contributed by atoms with Gasteiger partial charge in [0.2, 0.25) is 5.13 Å². The smallest absolute Gasteiger partial charge is 0.205 e. The molecule has 5 nitrogen and oxygen atoms in total. The molecule has 3 N–H and O–H groups in total. The third kappa shape index (κ3) is 3.19. The molecule has 0 aliphatic carbocycles. The van der Waals surface area contributed by atoms with Gasteiger partial charge in [-0.25, -0.2) is 9.37 Å². The summed E-state index contributed by atoms with van der Waals surface area (Å²) in [6.07, 6.45) is 3.86. The molecule has 2 aromatic rings. The largest absolute Gasteiger partial charge is 0.383 e. The summed E-state index contributed by atoms with van der Waals surface area (Å²) >= 11 is 1.37. The van der Waals surface area contributed by atoms with E-state index < -0.39 is 0 Å². The number of benzene rings is 1. The summed E-state index contributed by atoms with van der Waals surface area (Å²) in [7, 11) is 0. The van der Waals surface area contributed by atoms with Crippen LogP contribution in [-0.4, -0.2) is 24.3 Å². The first-order valence-electron chi connectivity index (χ1n) is 7.18. The normalized spacial score (nSPS) is 14.9. The lowest BCUT2D eigenvalue weighted by Crippen LogP contribution is -2.19. The molecule has 1 aromatic heterocycles. The van der Waals surface area contributed by atoms with E-state index in [0.717, 1.165) is 37.1 Å². The number of hydrogen-bond acceptors (Lipinski definition) is 6. The van der Waals surface area contributed by atoms with Crippen LogP contribution >= 0.6 is 11.3 Å². The molecule has 1 saturated heterocycles. The minimum atomic E-state index is -0.201. The van der Waals surface area contributed by atoms with Crippen LogP contribution in [0.25, 0.3) is 0 Å². The van der Waals surface area contributed by atoms with E-state index >= 15 is 0 Å². The summed E-state index contributed by atoms with van der Waals surface area (Å²) in [4.78, 5) is 6.14. The van der Waals surface area contributed by atoms with E-state index in [4.69, 9.17) is 5.73 Å². The molecule has 22 heavy (non-hydrogen) atoms. The number of thiazole rings is 1. The zero-order chi connectivity index (χ0) is 15.5. The Labute approximate surface area is 132 Å². The van der Waals surface area contributed by atoms with Gasteiger partial charge in [0, 0.05) is 24.0 Å². The Balaban J connectivity index is 1.75. The Morgan fingerprint density at radius 3 is 2.86 bits per heavy atom. The number of aromatic nitrogens is 1. The molecule has 0 radical (unpaired) electrons. The lowest BCUT2D eigenvalue weighted by molar-refractivity contribution is 0.622. The number of anilines is 3. The SMILES string of the molecule is Cc1cc(N2CCCC2)c(F)cc1C=NNc1nc(N)cs1. The molecule has 1 fully saturated rings. The van der Waals surface area contributed by atoms with Crippen LogP contribution in [0, 0.1) is 12.7 Å². The van der Waals surface area contributed by atoms with E-state index in [-0.39, 0.29) is 5.82 Å². The number of nitrogen functional groups attached to an aromatic ring is 1. The third-order valence-electron chi connectivity index (χ3n) is 3.67. The summed E-state index contributed by atoms with van der Waals surface area (Å²) in [6.45, 7) is 3.81. The zero-order valence-electron chi connectivity index (χ0n) is 12.3. The highest BCUT2D eigenvalue weighted by molar-refractivity contribution is 7.14. The Kier molecular flexibility index (Phi) is 4.24. The summed E-state index contributed by atoms with van der Waals surface area (Å²) in [5.74, 6) is 0.257. The first kappa shape index (κ1) is 14.8. The van der Waals surface area contributed by atoms with Crippen LogP contribution in [0.3, 0.4) is 0 Å². The topological polar surface area (TPSA) is 66.5 Å². The predicted octanol–water partition coefficient (Wildman–Crippen LogP) is 3.22. The van der Waals surface area contributed by atoms with Gasteiger partial charge in [-0.2, -0.15) is 5.10 Å². The standard InChI is InChI=1S/C15H18FN5S/c1-10-6-13(21-4-2-3-5-21)12(16)7-11(10)8-18-20-15-19-14(17)9-22-15/h6-9H,2-5,17H2,1H3,(H,19,20). The number of hydrazone groups is 1. The number of hydrogen-bond donors (Lipinski definition) is 2. The molecule has 116 valence electrons. The van der Waals surface area contributed by atoms with Gasteiger partial charge in [0.05, 0.1) is 11.9 Å². The molecule has 0 atom stereocenters. The van der Waals surface area contributed by atoms with Gasteiger partial charge in [-0.15, -0.1) is 11.3 Å². The van der Waals surface area contributed by atoms with Crippen LogP contribution in [0.15, 0.2) is 22.6 Å². The van der Waals surface area contributed by atoms with Gasteiger partial charge >= 0.3 is 0 Å². The molecule has 0 saturated carbocycles. The number of aryl methyl sites for hydroxylation is 1. The van der Waals surface area contributed by atoms with Gasteiger partial charge in [0.1, 0.15) is 11.6 Å². The number of nitrogens with zero attached hydrogens (tertiary/aromatic N) is 3. The molecule has 0 unspecified atom stereocenters. The van der Waals surface area contributed by atoms with Crippen LogP contribution in [0.2, 0.25) is 0 Å². The van der Waals surface area contributed by atoms with Crippen molar-refractivity contribution in [2.24, 2.45) is 5.10 Å². The minimum absolute atomic E-state index is 0.201. The first-order valence-corrected chi connectivity index (χ1v) is 8.06. The van der Waals surface area contributed by atoms with E-state index in [1.807, 2.05) is 13.0 Å². The van der Waals surface area contributed by atoms with Gasteiger partial charge in [-0.1, -0.05) is 0 Å². The van der Waals surface area contributed by atoms with Gasteiger partial charge in [-0.3, -0.25) is 5.43 Å². The van der Waals surface area contributed by atoms with E-state index in [1.165, 1.54) is 17.4 Å². The molecule has 0 bridgehead atoms. The average Bonchev–Trinajstić information content (AvgIpc) is 3.14. The number of rotatable bonds is 4.